The molecule has 0 aliphatic rings. The molecule has 0 aliphatic carbocycles. The smallest absolute Gasteiger partial charge is 0.205 e. The third-order valence-corrected chi connectivity index (χ3v) is 3.26. The van der Waals surface area contributed by atoms with Crippen LogP contribution in [-0.4, -0.2) is 37.5 Å². The third kappa shape index (κ3) is 4.54. The first kappa shape index (κ1) is 15.5. The number of hydrogen-bond acceptors (Lipinski definition) is 3. The van der Waals surface area contributed by atoms with E-state index in [-0.39, 0.29) is 0 Å². The maximum atomic E-state index is 5.39. The van der Waals surface area contributed by atoms with E-state index < -0.39 is 0 Å². The van der Waals surface area contributed by atoms with Gasteiger partial charge in [-0.15, -0.1) is 0 Å². The largest absolute Gasteiger partial charge is 0.353 e. The van der Waals surface area contributed by atoms with Crippen LogP contribution in [0.15, 0.2) is 35.3 Å². The summed E-state index contributed by atoms with van der Waals surface area (Å²) in [7, 11) is 1.71. The van der Waals surface area contributed by atoms with Crippen molar-refractivity contribution < 1.29 is 0 Å². The molecule has 106 valence electrons. The molecule has 1 aromatic carbocycles. The Morgan fingerprint density at radius 3 is 2.37 bits per heavy atom. The zero-order valence-corrected chi connectivity index (χ0v) is 12.1. The molecule has 0 aromatic heterocycles. The SMILES string of the molecule is CCN(CC)C(CNC(=NC)NN)c1ccccc1. The number of hydrogen-bond donors (Lipinski definition) is 3. The molecule has 0 spiro atoms. The highest BCUT2D eigenvalue weighted by molar-refractivity contribution is 5.78. The first-order valence-corrected chi connectivity index (χ1v) is 6.73. The molecule has 1 rings (SSSR count). The fourth-order valence-electron chi connectivity index (χ4n) is 2.19. The van der Waals surface area contributed by atoms with Crippen molar-refractivity contribution in [3.05, 3.63) is 35.9 Å². The Kier molecular flexibility index (Phi) is 6.92. The van der Waals surface area contributed by atoms with Crippen molar-refractivity contribution in [2.75, 3.05) is 26.7 Å². The number of benzene rings is 1. The van der Waals surface area contributed by atoms with Gasteiger partial charge in [-0.3, -0.25) is 15.3 Å². The van der Waals surface area contributed by atoms with Crippen LogP contribution in [0.5, 0.6) is 0 Å². The number of nitrogens with one attached hydrogen (secondary N) is 2. The highest BCUT2D eigenvalue weighted by Gasteiger charge is 2.17. The summed E-state index contributed by atoms with van der Waals surface area (Å²) in [6.45, 7) is 7.13. The van der Waals surface area contributed by atoms with Gasteiger partial charge in [-0.2, -0.15) is 0 Å². The fourth-order valence-corrected chi connectivity index (χ4v) is 2.19. The second-order valence-electron chi connectivity index (χ2n) is 4.25. The maximum Gasteiger partial charge on any atom is 0.205 e. The first-order valence-electron chi connectivity index (χ1n) is 6.73. The fraction of sp³-hybridized carbons (Fsp3) is 0.500. The van der Waals surface area contributed by atoms with E-state index >= 15 is 0 Å². The normalized spacial score (nSPS) is 13.4. The molecule has 4 N–H and O–H groups in total. The number of aliphatic imine (C=N–C) groups is 1. The van der Waals surface area contributed by atoms with Crippen molar-refractivity contribution in [2.45, 2.75) is 19.9 Å². The summed E-state index contributed by atoms with van der Waals surface area (Å²) in [5, 5.41) is 3.24. The monoisotopic (exact) mass is 263 g/mol. The summed E-state index contributed by atoms with van der Waals surface area (Å²) in [6, 6.07) is 10.8. The zero-order chi connectivity index (χ0) is 14.1. The van der Waals surface area contributed by atoms with Gasteiger partial charge in [0.1, 0.15) is 0 Å². The minimum Gasteiger partial charge on any atom is -0.353 e. The van der Waals surface area contributed by atoms with Crippen molar-refractivity contribution in [2.24, 2.45) is 10.8 Å². The Hall–Kier alpha value is -1.59. The molecule has 0 bridgehead atoms. The molecule has 0 radical (unpaired) electrons. The summed E-state index contributed by atoms with van der Waals surface area (Å²) in [4.78, 5) is 6.44. The molecular formula is C14H25N5. The average Bonchev–Trinajstić information content (AvgIpc) is 2.48. The van der Waals surface area contributed by atoms with Crippen LogP contribution in [0.4, 0.5) is 0 Å². The topological polar surface area (TPSA) is 65.7 Å². The molecule has 0 heterocycles. The number of nitrogens with two attached hydrogens (primary N) is 1. The van der Waals surface area contributed by atoms with Crippen molar-refractivity contribution >= 4 is 5.96 Å². The van der Waals surface area contributed by atoms with Gasteiger partial charge in [0.15, 0.2) is 0 Å². The number of nitrogens with zero attached hydrogens (tertiary/aromatic N) is 2. The molecule has 0 saturated heterocycles. The lowest BCUT2D eigenvalue weighted by Crippen LogP contribution is -2.45. The van der Waals surface area contributed by atoms with E-state index in [9.17, 15) is 0 Å². The van der Waals surface area contributed by atoms with Gasteiger partial charge in [0.2, 0.25) is 5.96 Å². The van der Waals surface area contributed by atoms with Gasteiger partial charge in [0, 0.05) is 13.6 Å². The lowest BCUT2D eigenvalue weighted by molar-refractivity contribution is 0.219. The number of hydrazine groups is 1. The van der Waals surface area contributed by atoms with Crippen molar-refractivity contribution in [3.63, 3.8) is 0 Å². The Bertz CT molecular complexity index is 373. The molecule has 0 aliphatic heterocycles. The molecule has 0 fully saturated rings. The minimum absolute atomic E-state index is 0.307. The first-order chi connectivity index (χ1) is 9.26. The molecule has 1 atom stereocenters. The van der Waals surface area contributed by atoms with Crippen molar-refractivity contribution in [1.82, 2.24) is 15.6 Å². The van der Waals surface area contributed by atoms with Crippen molar-refractivity contribution in [1.29, 1.82) is 0 Å². The average molecular weight is 263 g/mol. The highest BCUT2D eigenvalue weighted by atomic mass is 15.3. The van der Waals surface area contributed by atoms with Gasteiger partial charge in [0.25, 0.3) is 0 Å². The number of likely N-dealkylation sites (N-methyl/N-ethyl adjacent to an activating group) is 1. The second kappa shape index (κ2) is 8.50. The third-order valence-electron chi connectivity index (χ3n) is 3.26. The number of rotatable bonds is 6. The van der Waals surface area contributed by atoms with Crippen LogP contribution in [0.25, 0.3) is 0 Å². The van der Waals surface area contributed by atoms with E-state index in [1.807, 2.05) is 6.07 Å². The van der Waals surface area contributed by atoms with Gasteiger partial charge >= 0.3 is 0 Å². The summed E-state index contributed by atoms with van der Waals surface area (Å²) in [6.07, 6.45) is 0. The summed E-state index contributed by atoms with van der Waals surface area (Å²) >= 11 is 0. The van der Waals surface area contributed by atoms with E-state index in [1.54, 1.807) is 7.05 Å². The van der Waals surface area contributed by atoms with Crippen LogP contribution in [0.3, 0.4) is 0 Å². The Balaban J connectivity index is 2.81. The lowest BCUT2D eigenvalue weighted by Gasteiger charge is -2.30. The van der Waals surface area contributed by atoms with Crippen LogP contribution in [0, 0.1) is 0 Å². The lowest BCUT2D eigenvalue weighted by atomic mass is 10.1. The van der Waals surface area contributed by atoms with Gasteiger partial charge < -0.3 is 5.32 Å². The van der Waals surface area contributed by atoms with E-state index in [0.717, 1.165) is 19.6 Å². The highest BCUT2D eigenvalue weighted by Crippen LogP contribution is 2.19. The van der Waals surface area contributed by atoms with Crippen LogP contribution < -0.4 is 16.6 Å². The van der Waals surface area contributed by atoms with E-state index in [0.29, 0.717) is 12.0 Å². The predicted molar refractivity (Wildman–Crippen MR) is 80.8 cm³/mol. The predicted octanol–water partition coefficient (Wildman–Crippen LogP) is 1.11. The molecule has 5 heteroatoms. The van der Waals surface area contributed by atoms with Gasteiger partial charge in [-0.1, -0.05) is 44.2 Å². The van der Waals surface area contributed by atoms with E-state index in [1.165, 1.54) is 5.56 Å². The molecule has 0 saturated carbocycles. The standard InChI is InChI=1S/C14H25N5/c1-4-19(5-2)13(11-17-14(16-3)18-15)12-9-7-6-8-10-12/h6-10,13H,4-5,11,15H2,1-3H3,(H2,16,17,18). The van der Waals surface area contributed by atoms with Gasteiger partial charge in [-0.05, 0) is 18.7 Å². The maximum absolute atomic E-state index is 5.39. The van der Waals surface area contributed by atoms with Crippen LogP contribution in [-0.2, 0) is 0 Å². The Labute approximate surface area is 115 Å². The molecule has 5 nitrogen and oxygen atoms in total. The van der Waals surface area contributed by atoms with Gasteiger partial charge in [0.05, 0.1) is 6.04 Å². The molecule has 1 unspecified atom stereocenters. The molecule has 19 heavy (non-hydrogen) atoms. The second-order valence-corrected chi connectivity index (χ2v) is 4.25. The summed E-state index contributed by atoms with van der Waals surface area (Å²) in [5.41, 5.74) is 3.85. The van der Waals surface area contributed by atoms with Crippen LogP contribution in [0.1, 0.15) is 25.5 Å². The van der Waals surface area contributed by atoms with Crippen LogP contribution in [0.2, 0.25) is 0 Å². The van der Waals surface area contributed by atoms with Crippen molar-refractivity contribution in [3.8, 4) is 0 Å². The minimum atomic E-state index is 0.307. The summed E-state index contributed by atoms with van der Waals surface area (Å²) in [5.74, 6) is 6.00. The van der Waals surface area contributed by atoms with E-state index in [4.69, 9.17) is 5.84 Å². The molecule has 0 amide bonds. The molecule has 1 aromatic rings. The Morgan fingerprint density at radius 2 is 1.89 bits per heavy atom. The van der Waals surface area contributed by atoms with E-state index in [2.05, 4.69) is 58.7 Å². The Morgan fingerprint density at radius 1 is 1.26 bits per heavy atom. The zero-order valence-electron chi connectivity index (χ0n) is 12.1. The quantitative estimate of drug-likeness (QED) is 0.311. The number of guanidine groups is 1. The molecular weight excluding hydrogens is 238 g/mol. The summed E-state index contributed by atoms with van der Waals surface area (Å²) < 4.78 is 0. The van der Waals surface area contributed by atoms with Crippen LogP contribution >= 0.6 is 0 Å². The van der Waals surface area contributed by atoms with Gasteiger partial charge in [-0.25, -0.2) is 5.84 Å².